The summed E-state index contributed by atoms with van der Waals surface area (Å²) < 4.78 is 27.0. The molecule has 15 heavy (non-hydrogen) atoms. The fraction of sp³-hybridized carbons (Fsp3) is 0.125. The lowest BCUT2D eigenvalue weighted by atomic mass is 10.3. The lowest BCUT2D eigenvalue weighted by molar-refractivity contribution is 0.464. The van der Waals surface area contributed by atoms with Gasteiger partial charge in [0, 0.05) is 15.6 Å². The molecule has 0 bridgehead atoms. The molecule has 2 aromatic rings. The highest BCUT2D eigenvalue weighted by Gasteiger charge is 2.18. The summed E-state index contributed by atoms with van der Waals surface area (Å²) in [4.78, 5) is 4.73. The zero-order valence-corrected chi connectivity index (χ0v) is 9.99. The first-order valence-corrected chi connectivity index (χ1v) is 7.43. The smallest absolute Gasteiger partial charge is 0.332 e. The van der Waals surface area contributed by atoms with Crippen molar-refractivity contribution >= 4 is 42.6 Å². The Morgan fingerprint density at radius 2 is 2.20 bits per heavy atom. The van der Waals surface area contributed by atoms with Crippen LogP contribution in [0.25, 0.3) is 11.1 Å². The van der Waals surface area contributed by atoms with Crippen LogP contribution in [0.3, 0.4) is 0 Å². The topological polar surface area (TPSA) is 60.2 Å². The Balaban J connectivity index is 2.66. The summed E-state index contributed by atoms with van der Waals surface area (Å²) in [5, 5.41) is -0.461. The Hall–Kier alpha value is -0.720. The van der Waals surface area contributed by atoms with E-state index in [0.717, 1.165) is 4.90 Å². The minimum absolute atomic E-state index is 0.418. The maximum absolute atomic E-state index is 11.0. The summed E-state index contributed by atoms with van der Waals surface area (Å²) in [5.74, 6) is 0. The molecule has 80 valence electrons. The average molecular weight is 264 g/mol. The predicted molar refractivity (Wildman–Crippen MR) is 58.8 cm³/mol. The number of rotatable bonds is 2. The van der Waals surface area contributed by atoms with Gasteiger partial charge in [0.15, 0.2) is 5.58 Å². The molecule has 7 heteroatoms. The molecule has 0 atom stereocenters. The van der Waals surface area contributed by atoms with E-state index >= 15 is 0 Å². The Morgan fingerprint density at radius 3 is 2.80 bits per heavy atom. The maximum Gasteiger partial charge on any atom is 0.332 e. The van der Waals surface area contributed by atoms with Crippen LogP contribution in [0.2, 0.25) is 0 Å². The lowest BCUT2D eigenvalue weighted by Crippen LogP contribution is -1.88. The average Bonchev–Trinajstić information content (AvgIpc) is 2.59. The fourth-order valence-corrected chi connectivity index (χ4v) is 2.14. The molecule has 0 spiro atoms. The normalized spacial score (nSPS) is 12.1. The number of halogens is 1. The standard InChI is InChI=1S/C8H6ClNO3S2/c1-14-5-2-3-6-7(4-5)13-8(10-6)15(9,11)12/h2-4H,1H3. The maximum atomic E-state index is 11.0. The van der Waals surface area contributed by atoms with Gasteiger partial charge < -0.3 is 4.42 Å². The van der Waals surface area contributed by atoms with Gasteiger partial charge in [-0.05, 0) is 24.5 Å². The van der Waals surface area contributed by atoms with Crippen LogP contribution in [0, 0.1) is 0 Å². The van der Waals surface area contributed by atoms with Gasteiger partial charge in [-0.2, -0.15) is 4.98 Å². The second kappa shape index (κ2) is 3.70. The number of benzene rings is 1. The number of oxazole rings is 1. The highest BCUT2D eigenvalue weighted by Crippen LogP contribution is 2.25. The van der Waals surface area contributed by atoms with Crippen molar-refractivity contribution in [1.82, 2.24) is 4.98 Å². The van der Waals surface area contributed by atoms with Crippen LogP contribution in [0.5, 0.6) is 0 Å². The first-order valence-electron chi connectivity index (χ1n) is 3.90. The van der Waals surface area contributed by atoms with Gasteiger partial charge in [-0.15, -0.1) is 11.8 Å². The Bertz CT molecular complexity index is 605. The summed E-state index contributed by atoms with van der Waals surface area (Å²) in [6, 6.07) is 5.24. The molecule has 0 aliphatic heterocycles. The van der Waals surface area contributed by atoms with Crippen molar-refractivity contribution < 1.29 is 12.8 Å². The molecule has 0 aliphatic carbocycles. The molecule has 4 nitrogen and oxygen atoms in total. The minimum atomic E-state index is -3.90. The third kappa shape index (κ3) is 2.11. The minimum Gasteiger partial charge on any atom is -0.427 e. The number of hydrogen-bond donors (Lipinski definition) is 0. The third-order valence-corrected chi connectivity index (χ3v) is 3.50. The molecule has 0 radical (unpaired) electrons. The third-order valence-electron chi connectivity index (χ3n) is 1.78. The van der Waals surface area contributed by atoms with Gasteiger partial charge in [0.1, 0.15) is 5.52 Å². The zero-order chi connectivity index (χ0) is 11.1. The van der Waals surface area contributed by atoms with Crippen molar-refractivity contribution in [2.75, 3.05) is 6.26 Å². The molecule has 0 unspecified atom stereocenters. The number of fused-ring (bicyclic) bond motifs is 1. The van der Waals surface area contributed by atoms with Crippen molar-refractivity contribution in [3.05, 3.63) is 18.2 Å². The molecule has 0 saturated carbocycles. The van der Waals surface area contributed by atoms with Gasteiger partial charge in [0.05, 0.1) is 0 Å². The van der Waals surface area contributed by atoms with E-state index in [2.05, 4.69) is 4.98 Å². The molecule has 2 rings (SSSR count). The quantitative estimate of drug-likeness (QED) is 0.615. The Labute approximate surface area is 95.0 Å². The first kappa shape index (κ1) is 10.8. The SMILES string of the molecule is CSc1ccc2nc(S(=O)(=O)Cl)oc2c1. The molecular weight excluding hydrogens is 258 g/mol. The van der Waals surface area contributed by atoms with E-state index < -0.39 is 14.3 Å². The molecule has 0 aliphatic rings. The molecule has 0 fully saturated rings. The van der Waals surface area contributed by atoms with Crippen LogP contribution in [-0.2, 0) is 9.05 Å². The first-order chi connectivity index (χ1) is 7.00. The van der Waals surface area contributed by atoms with Gasteiger partial charge >= 0.3 is 14.3 Å². The second-order valence-electron chi connectivity index (χ2n) is 2.75. The van der Waals surface area contributed by atoms with Gasteiger partial charge in [-0.1, -0.05) is 0 Å². The fourth-order valence-electron chi connectivity index (χ4n) is 1.12. The van der Waals surface area contributed by atoms with Crippen molar-refractivity contribution in [2.45, 2.75) is 10.1 Å². The number of aromatic nitrogens is 1. The van der Waals surface area contributed by atoms with Crippen molar-refractivity contribution in [2.24, 2.45) is 0 Å². The molecule has 1 heterocycles. The van der Waals surface area contributed by atoms with Crippen molar-refractivity contribution in [3.8, 4) is 0 Å². The van der Waals surface area contributed by atoms with Crippen LogP contribution < -0.4 is 0 Å². The number of nitrogens with zero attached hydrogens (tertiary/aromatic N) is 1. The zero-order valence-electron chi connectivity index (χ0n) is 7.60. The van der Waals surface area contributed by atoms with Gasteiger partial charge in [0.25, 0.3) is 0 Å². The van der Waals surface area contributed by atoms with Crippen LogP contribution >= 0.6 is 22.4 Å². The highest BCUT2D eigenvalue weighted by molar-refractivity contribution is 8.13. The summed E-state index contributed by atoms with van der Waals surface area (Å²) in [6.07, 6.45) is 1.91. The summed E-state index contributed by atoms with van der Waals surface area (Å²) in [5.41, 5.74) is 0.896. The number of hydrogen-bond acceptors (Lipinski definition) is 5. The van der Waals surface area contributed by atoms with E-state index in [1.807, 2.05) is 12.3 Å². The van der Waals surface area contributed by atoms with E-state index in [0.29, 0.717) is 11.1 Å². The second-order valence-corrected chi connectivity index (χ2v) is 6.07. The van der Waals surface area contributed by atoms with Crippen LogP contribution in [0.1, 0.15) is 0 Å². The largest absolute Gasteiger partial charge is 0.427 e. The van der Waals surface area contributed by atoms with Gasteiger partial charge in [-0.3, -0.25) is 0 Å². The van der Waals surface area contributed by atoms with Crippen molar-refractivity contribution in [1.29, 1.82) is 0 Å². The van der Waals surface area contributed by atoms with Gasteiger partial charge in [0.2, 0.25) is 0 Å². The molecule has 0 saturated heterocycles. The molecule has 0 amide bonds. The Morgan fingerprint density at radius 1 is 1.47 bits per heavy atom. The van der Waals surface area contributed by atoms with Crippen LogP contribution in [0.15, 0.2) is 32.7 Å². The van der Waals surface area contributed by atoms with E-state index in [1.54, 1.807) is 12.1 Å². The summed E-state index contributed by atoms with van der Waals surface area (Å²) in [6.45, 7) is 0. The van der Waals surface area contributed by atoms with Crippen LogP contribution in [-0.4, -0.2) is 19.7 Å². The lowest BCUT2D eigenvalue weighted by Gasteiger charge is -1.92. The predicted octanol–water partition coefficient (Wildman–Crippen LogP) is 2.48. The van der Waals surface area contributed by atoms with Crippen LogP contribution in [0.4, 0.5) is 0 Å². The highest BCUT2D eigenvalue weighted by atomic mass is 35.7. The molecule has 1 aromatic heterocycles. The van der Waals surface area contributed by atoms with Crippen molar-refractivity contribution in [3.63, 3.8) is 0 Å². The van der Waals surface area contributed by atoms with Gasteiger partial charge in [-0.25, -0.2) is 8.42 Å². The van der Waals surface area contributed by atoms with E-state index in [4.69, 9.17) is 15.1 Å². The monoisotopic (exact) mass is 263 g/mol. The molecule has 0 N–H and O–H groups in total. The summed E-state index contributed by atoms with van der Waals surface area (Å²) in [7, 11) is 1.22. The van der Waals surface area contributed by atoms with E-state index in [1.165, 1.54) is 11.8 Å². The summed E-state index contributed by atoms with van der Waals surface area (Å²) >= 11 is 1.53. The Kier molecular flexibility index (Phi) is 2.66. The molecular formula is C8H6ClNO3S2. The number of thioether (sulfide) groups is 1. The molecule has 1 aromatic carbocycles. The van der Waals surface area contributed by atoms with E-state index in [9.17, 15) is 8.42 Å². The van der Waals surface area contributed by atoms with E-state index in [-0.39, 0.29) is 0 Å².